The molecule has 0 saturated heterocycles. The van der Waals surface area contributed by atoms with E-state index in [0.29, 0.717) is 12.9 Å². The topological polar surface area (TPSA) is 0 Å². The molecule has 0 aliphatic heterocycles. The third-order valence-electron chi connectivity index (χ3n) is 0. The van der Waals surface area contributed by atoms with Gasteiger partial charge in [-0.05, 0) is 0 Å². The fraction of sp³-hybridized carbons (Fsp3) is 0. The summed E-state index contributed by atoms with van der Waals surface area (Å²) in [5, 5.41) is 0. The van der Waals surface area contributed by atoms with E-state index in [1.165, 1.54) is 0 Å². The van der Waals surface area contributed by atoms with Crippen LogP contribution in [0.3, 0.4) is 0 Å². The molecule has 0 heterocycles. The summed E-state index contributed by atoms with van der Waals surface area (Å²) in [7, 11) is 9.47. The summed E-state index contributed by atoms with van der Waals surface area (Å²) >= 11 is 0.382. The van der Waals surface area contributed by atoms with Gasteiger partial charge >= 0.3 is 56.2 Å². The largest absolute Gasteiger partial charge is 2.00 e. The minimum absolute atomic E-state index is 0. The van der Waals surface area contributed by atoms with Gasteiger partial charge in [-0.25, -0.2) is 0 Å². The van der Waals surface area contributed by atoms with Crippen LogP contribution in [-0.4, -0.2) is 23.1 Å². The van der Waals surface area contributed by atoms with Gasteiger partial charge in [-0.15, -0.1) is 0 Å². The van der Waals surface area contributed by atoms with Crippen molar-refractivity contribution in [1.82, 2.24) is 0 Å². The molecule has 0 N–H and O–H groups in total. The van der Waals surface area contributed by atoms with E-state index in [-0.39, 0.29) is 25.9 Å². The first-order chi connectivity index (χ1) is 1.41. The van der Waals surface area contributed by atoms with Crippen LogP contribution < -0.4 is 0 Å². The van der Waals surface area contributed by atoms with Crippen LogP contribution in [0.25, 0.3) is 0 Å². The van der Waals surface area contributed by atoms with Crippen molar-refractivity contribution < 1.29 is 15.7 Å². The second-order valence-electron chi connectivity index (χ2n) is 0.0476. The number of halogens is 2. The van der Waals surface area contributed by atoms with E-state index in [1.54, 1.807) is 0 Å². The second-order valence-corrected chi connectivity index (χ2v) is 1.77. The summed E-state index contributed by atoms with van der Waals surface area (Å²) in [6, 6.07) is 0. The van der Waals surface area contributed by atoms with E-state index in [9.17, 15) is 0 Å². The van der Waals surface area contributed by atoms with Crippen molar-refractivity contribution in [2.75, 3.05) is 0 Å². The zero-order valence-corrected chi connectivity index (χ0v) is 5.76. The standard InChI is InChI=1S/2ClH.Co.Mg.2H/h2*1H;;;;/q;;2*+2;2*-1/p-2. The fourth-order valence-electron chi connectivity index (χ4n) is 0. The molecule has 0 unspecified atom stereocenters. The molecule has 0 rings (SSSR count). The Hall–Kier alpha value is 1.85. The van der Waals surface area contributed by atoms with E-state index in [2.05, 4.69) is 0 Å². The molecule has 0 aliphatic rings. The maximum absolute atomic E-state index is 4.73. The summed E-state index contributed by atoms with van der Waals surface area (Å²) in [6.07, 6.45) is 0. The summed E-state index contributed by atoms with van der Waals surface area (Å²) < 4.78 is 0. The Morgan fingerprint density at radius 2 is 1.50 bits per heavy atom. The van der Waals surface area contributed by atoms with Gasteiger partial charge in [0.1, 0.15) is 0 Å². The maximum atomic E-state index is 4.73. The van der Waals surface area contributed by atoms with Gasteiger partial charge < -0.3 is 2.85 Å². The minimum Gasteiger partial charge on any atom is -1.00 e. The Morgan fingerprint density at radius 1 is 1.50 bits per heavy atom. The first-order valence-corrected chi connectivity index (χ1v) is 3.12. The van der Waals surface area contributed by atoms with Gasteiger partial charge in [-0.3, -0.25) is 0 Å². The molecule has 4 heavy (non-hydrogen) atoms. The van der Waals surface area contributed by atoms with E-state index < -0.39 is 0 Å². The number of hydrogen-bond acceptors (Lipinski definition) is 0. The van der Waals surface area contributed by atoms with Crippen molar-refractivity contribution in [2.45, 2.75) is 0 Å². The van der Waals surface area contributed by atoms with Gasteiger partial charge in [0.15, 0.2) is 0 Å². The predicted octanol–water partition coefficient (Wildman–Crippen LogP) is 1.22. The van der Waals surface area contributed by atoms with E-state index in [1.807, 2.05) is 0 Å². The average Bonchev–Trinajstić information content (AvgIpc) is 0.918. The number of rotatable bonds is 0. The summed E-state index contributed by atoms with van der Waals surface area (Å²) in [4.78, 5) is 0. The monoisotopic (exact) mass is 155 g/mol. The van der Waals surface area contributed by atoms with Crippen LogP contribution in [0.15, 0.2) is 0 Å². The average molecular weight is 156 g/mol. The van der Waals surface area contributed by atoms with Crippen molar-refractivity contribution in [3.8, 4) is 0 Å². The summed E-state index contributed by atoms with van der Waals surface area (Å²) in [5.41, 5.74) is 0. The van der Waals surface area contributed by atoms with Crippen LogP contribution in [0, 0.1) is 0 Å². The molecule has 0 aromatic rings. The SMILES string of the molecule is [Cl][Co][Cl].[H-].[H-].[Mg+2]. The van der Waals surface area contributed by atoms with E-state index in [0.717, 1.165) is 0 Å². The molecule has 0 atom stereocenters. The molecule has 0 aromatic carbocycles. The van der Waals surface area contributed by atoms with Gasteiger partial charge in [0.05, 0.1) is 0 Å². The molecule has 0 aliphatic carbocycles. The fourth-order valence-corrected chi connectivity index (χ4v) is 0. The Balaban J connectivity index is -0.00000000667. The zero-order valence-electron chi connectivity index (χ0n) is 3.80. The quantitative estimate of drug-likeness (QED) is 0.462. The molecular weight excluding hydrogens is 154 g/mol. The van der Waals surface area contributed by atoms with Gasteiger partial charge in [-0.1, -0.05) is 0 Å². The minimum atomic E-state index is 0. The zero-order chi connectivity index (χ0) is 2.71. The van der Waals surface area contributed by atoms with Gasteiger partial charge in [0, 0.05) is 0 Å². The Labute approximate surface area is 58.8 Å². The van der Waals surface area contributed by atoms with Gasteiger partial charge in [-0.2, -0.15) is 0 Å². The number of hydrogen-bond donors (Lipinski definition) is 0. The molecule has 4 heteroatoms. The van der Waals surface area contributed by atoms with Crippen LogP contribution in [-0.2, 0) is 12.9 Å². The van der Waals surface area contributed by atoms with Gasteiger partial charge in [0.25, 0.3) is 0 Å². The Bertz CT molecular complexity index is 11.5. The molecule has 0 saturated carbocycles. The van der Waals surface area contributed by atoms with Crippen molar-refractivity contribution in [1.29, 1.82) is 0 Å². The van der Waals surface area contributed by atoms with Crippen LogP contribution in [0.2, 0.25) is 0 Å². The van der Waals surface area contributed by atoms with Crippen LogP contribution >= 0.6 is 20.3 Å². The first-order valence-electron chi connectivity index (χ1n) is 0.252. The molecule has 27 valence electrons. The molecule has 0 amide bonds. The van der Waals surface area contributed by atoms with E-state index in [4.69, 9.17) is 20.3 Å². The van der Waals surface area contributed by atoms with Crippen molar-refractivity contribution >= 4 is 43.3 Å². The Kier molecular flexibility index (Phi) is 20.5. The van der Waals surface area contributed by atoms with Crippen LogP contribution in [0.5, 0.6) is 0 Å². The summed E-state index contributed by atoms with van der Waals surface area (Å²) in [5.74, 6) is 0. The molecule has 0 radical (unpaired) electrons. The van der Waals surface area contributed by atoms with Crippen LogP contribution in [0.4, 0.5) is 0 Å². The first kappa shape index (κ1) is 9.29. The Morgan fingerprint density at radius 3 is 1.50 bits per heavy atom. The maximum Gasteiger partial charge on any atom is 2.00 e. The third-order valence-corrected chi connectivity index (χ3v) is 0. The van der Waals surface area contributed by atoms with Crippen molar-refractivity contribution in [3.05, 3.63) is 0 Å². The van der Waals surface area contributed by atoms with Crippen molar-refractivity contribution in [3.63, 3.8) is 0 Å². The second kappa shape index (κ2) is 8.85. The molecule has 0 spiro atoms. The molecule has 0 nitrogen and oxygen atoms in total. The molecule has 0 bridgehead atoms. The normalized spacial score (nSPS) is 5.50. The molecular formula is H2Cl2CoMg. The van der Waals surface area contributed by atoms with E-state index >= 15 is 0 Å². The smallest absolute Gasteiger partial charge is 1.00 e. The summed E-state index contributed by atoms with van der Waals surface area (Å²) in [6.45, 7) is 0. The van der Waals surface area contributed by atoms with Crippen molar-refractivity contribution in [2.24, 2.45) is 0 Å². The predicted molar refractivity (Wildman–Crippen MR) is 19.7 cm³/mol. The molecule has 0 fully saturated rings. The third kappa shape index (κ3) is 9.13. The van der Waals surface area contributed by atoms with Gasteiger partial charge in [0.2, 0.25) is 0 Å². The van der Waals surface area contributed by atoms with Crippen LogP contribution in [0.1, 0.15) is 2.85 Å². The molecule has 0 aromatic heterocycles.